The molecule has 0 aromatic heterocycles. The number of amides is 1. The van der Waals surface area contributed by atoms with Crippen molar-refractivity contribution in [3.05, 3.63) is 34.9 Å². The smallest absolute Gasteiger partial charge is 0.262 e. The molecule has 22 heavy (non-hydrogen) atoms. The first-order valence-electron chi connectivity index (χ1n) is 6.85. The lowest BCUT2D eigenvalue weighted by atomic mass is 9.84. The molecule has 1 amide bonds. The number of carbonyl (C=O) groups excluding carboxylic acids is 1. The summed E-state index contributed by atoms with van der Waals surface area (Å²) in [4.78, 5) is 12.0. The normalized spacial score (nSPS) is 20.3. The number of benzene rings is 1. The van der Waals surface area contributed by atoms with E-state index in [4.69, 9.17) is 11.6 Å². The molecule has 0 bridgehead atoms. The Kier molecular flexibility index (Phi) is 6.18. The van der Waals surface area contributed by atoms with Crippen LogP contribution in [0.5, 0.6) is 0 Å². The van der Waals surface area contributed by atoms with Gasteiger partial charge < -0.3 is 5.32 Å². The van der Waals surface area contributed by atoms with E-state index in [1.807, 2.05) is 32.0 Å². The van der Waals surface area contributed by atoms with Gasteiger partial charge >= 0.3 is 0 Å². The predicted octanol–water partition coefficient (Wildman–Crippen LogP) is 3.15. The minimum Gasteiger partial charge on any atom is -0.354 e. The molecule has 1 saturated heterocycles. The van der Waals surface area contributed by atoms with Gasteiger partial charge in [0.25, 0.3) is 5.92 Å². The molecular weight excluding hydrogens is 333 g/mol. The van der Waals surface area contributed by atoms with Crippen LogP contribution in [0.15, 0.2) is 24.3 Å². The van der Waals surface area contributed by atoms with Crippen LogP contribution in [0.4, 0.5) is 8.78 Å². The van der Waals surface area contributed by atoms with Gasteiger partial charge in [-0.2, -0.15) is 0 Å². The Morgan fingerprint density at radius 2 is 2.09 bits per heavy atom. The second-order valence-corrected chi connectivity index (χ2v) is 6.48. The molecule has 1 heterocycles. The van der Waals surface area contributed by atoms with Gasteiger partial charge in [0.15, 0.2) is 0 Å². The molecule has 1 aliphatic heterocycles. The summed E-state index contributed by atoms with van der Waals surface area (Å²) in [5, 5.41) is 5.91. The summed E-state index contributed by atoms with van der Waals surface area (Å²) < 4.78 is 26.2. The van der Waals surface area contributed by atoms with Crippen molar-refractivity contribution in [3.8, 4) is 0 Å². The standard InChI is InChI=1S/C15H19ClF2N2O.ClH/c1-14(2,10-5-3-4-6-11(10)16)8-20-13(21)12-7-15(17,18)9-19-12;/h3-6,12,19H,7-9H2,1-2H3,(H,20,21);1H. The highest BCUT2D eigenvalue weighted by Gasteiger charge is 2.42. The van der Waals surface area contributed by atoms with Crippen LogP contribution in [0, 0.1) is 0 Å². The van der Waals surface area contributed by atoms with Gasteiger partial charge in [-0.1, -0.05) is 43.6 Å². The molecule has 1 aromatic rings. The van der Waals surface area contributed by atoms with Crippen LogP contribution >= 0.6 is 24.0 Å². The van der Waals surface area contributed by atoms with Crippen molar-refractivity contribution in [2.75, 3.05) is 13.1 Å². The maximum atomic E-state index is 13.1. The zero-order valence-corrected chi connectivity index (χ0v) is 14.0. The third-order valence-corrected chi connectivity index (χ3v) is 4.06. The monoisotopic (exact) mass is 352 g/mol. The van der Waals surface area contributed by atoms with E-state index in [1.54, 1.807) is 6.07 Å². The predicted molar refractivity (Wildman–Crippen MR) is 86.1 cm³/mol. The zero-order valence-electron chi connectivity index (χ0n) is 12.5. The Morgan fingerprint density at radius 3 is 2.64 bits per heavy atom. The van der Waals surface area contributed by atoms with Crippen LogP contribution in [0.3, 0.4) is 0 Å². The number of alkyl halides is 2. The van der Waals surface area contributed by atoms with Crippen LogP contribution < -0.4 is 10.6 Å². The molecule has 2 N–H and O–H groups in total. The summed E-state index contributed by atoms with van der Waals surface area (Å²) in [6.45, 7) is 3.79. The minimum atomic E-state index is -2.81. The van der Waals surface area contributed by atoms with E-state index in [1.165, 1.54) is 0 Å². The van der Waals surface area contributed by atoms with Crippen molar-refractivity contribution in [3.63, 3.8) is 0 Å². The van der Waals surface area contributed by atoms with Crippen molar-refractivity contribution < 1.29 is 13.6 Å². The number of carbonyl (C=O) groups is 1. The van der Waals surface area contributed by atoms with Crippen LogP contribution in [-0.2, 0) is 10.2 Å². The highest BCUT2D eigenvalue weighted by atomic mass is 35.5. The second kappa shape index (κ2) is 7.11. The SMILES string of the molecule is CC(C)(CNC(=O)C1CC(F)(F)CN1)c1ccccc1Cl.Cl. The van der Waals surface area contributed by atoms with E-state index < -0.39 is 30.8 Å². The number of hydrogen-bond donors (Lipinski definition) is 2. The van der Waals surface area contributed by atoms with Crippen molar-refractivity contribution in [1.82, 2.24) is 10.6 Å². The van der Waals surface area contributed by atoms with E-state index in [0.29, 0.717) is 11.6 Å². The first kappa shape index (κ1) is 19.1. The number of rotatable bonds is 4. The lowest BCUT2D eigenvalue weighted by molar-refractivity contribution is -0.123. The Balaban J connectivity index is 0.00000242. The Morgan fingerprint density at radius 1 is 1.45 bits per heavy atom. The molecule has 2 rings (SSSR count). The van der Waals surface area contributed by atoms with Crippen molar-refractivity contribution >= 4 is 29.9 Å². The first-order chi connectivity index (χ1) is 9.71. The average molecular weight is 353 g/mol. The third kappa shape index (κ3) is 4.54. The molecule has 0 spiro atoms. The maximum absolute atomic E-state index is 13.1. The molecule has 0 saturated carbocycles. The van der Waals surface area contributed by atoms with Crippen LogP contribution in [-0.4, -0.2) is 31.0 Å². The number of nitrogens with one attached hydrogen (secondary N) is 2. The molecule has 3 nitrogen and oxygen atoms in total. The largest absolute Gasteiger partial charge is 0.354 e. The van der Waals surface area contributed by atoms with Crippen molar-refractivity contribution in [1.29, 1.82) is 0 Å². The maximum Gasteiger partial charge on any atom is 0.262 e. The summed E-state index contributed by atoms with van der Waals surface area (Å²) in [5.74, 6) is -3.20. The van der Waals surface area contributed by atoms with E-state index in [-0.39, 0.29) is 17.8 Å². The topological polar surface area (TPSA) is 41.1 Å². The van der Waals surface area contributed by atoms with Crippen LogP contribution in [0.25, 0.3) is 0 Å². The lowest BCUT2D eigenvalue weighted by Crippen LogP contribution is -2.45. The summed E-state index contributed by atoms with van der Waals surface area (Å²) >= 11 is 6.16. The van der Waals surface area contributed by atoms with E-state index >= 15 is 0 Å². The van der Waals surface area contributed by atoms with E-state index in [9.17, 15) is 13.6 Å². The van der Waals surface area contributed by atoms with E-state index in [0.717, 1.165) is 5.56 Å². The van der Waals surface area contributed by atoms with Gasteiger partial charge in [-0.15, -0.1) is 12.4 Å². The van der Waals surface area contributed by atoms with Crippen molar-refractivity contribution in [2.45, 2.75) is 37.6 Å². The van der Waals surface area contributed by atoms with Gasteiger partial charge in [0.2, 0.25) is 5.91 Å². The average Bonchev–Trinajstić information content (AvgIpc) is 2.77. The minimum absolute atomic E-state index is 0. The van der Waals surface area contributed by atoms with Gasteiger partial charge in [-0.3, -0.25) is 10.1 Å². The highest BCUT2D eigenvalue weighted by molar-refractivity contribution is 6.31. The molecule has 1 atom stereocenters. The fourth-order valence-corrected chi connectivity index (χ4v) is 2.83. The molecule has 0 aliphatic carbocycles. The number of halogens is 4. The lowest BCUT2D eigenvalue weighted by Gasteiger charge is -2.27. The molecule has 7 heteroatoms. The molecule has 1 aromatic carbocycles. The summed E-state index contributed by atoms with van der Waals surface area (Å²) in [6.07, 6.45) is -0.453. The van der Waals surface area contributed by atoms with Crippen LogP contribution in [0.1, 0.15) is 25.8 Å². The summed E-state index contributed by atoms with van der Waals surface area (Å²) in [5.41, 5.74) is 0.534. The summed E-state index contributed by atoms with van der Waals surface area (Å²) in [7, 11) is 0. The quantitative estimate of drug-likeness (QED) is 0.873. The first-order valence-corrected chi connectivity index (χ1v) is 7.23. The molecule has 1 unspecified atom stereocenters. The van der Waals surface area contributed by atoms with E-state index in [2.05, 4.69) is 10.6 Å². The number of hydrogen-bond acceptors (Lipinski definition) is 2. The van der Waals surface area contributed by atoms with Gasteiger partial charge in [0, 0.05) is 23.4 Å². The molecule has 124 valence electrons. The zero-order chi connectivity index (χ0) is 15.7. The van der Waals surface area contributed by atoms with Crippen LogP contribution in [0.2, 0.25) is 5.02 Å². The Labute approximate surface area is 140 Å². The van der Waals surface area contributed by atoms with Gasteiger partial charge in [-0.25, -0.2) is 8.78 Å². The van der Waals surface area contributed by atoms with Crippen molar-refractivity contribution in [2.24, 2.45) is 0 Å². The van der Waals surface area contributed by atoms with Gasteiger partial charge in [0.1, 0.15) is 0 Å². The molecular formula is C15H20Cl2F2N2O. The second-order valence-electron chi connectivity index (χ2n) is 6.08. The summed E-state index contributed by atoms with van der Waals surface area (Å²) in [6, 6.07) is 6.58. The highest BCUT2D eigenvalue weighted by Crippen LogP contribution is 2.29. The van der Waals surface area contributed by atoms with Gasteiger partial charge in [-0.05, 0) is 11.6 Å². The fraction of sp³-hybridized carbons (Fsp3) is 0.533. The third-order valence-electron chi connectivity index (χ3n) is 3.73. The molecule has 0 radical (unpaired) electrons. The Bertz CT molecular complexity index is 538. The molecule has 1 fully saturated rings. The molecule has 1 aliphatic rings. The Hall–Kier alpha value is -0.910. The van der Waals surface area contributed by atoms with Gasteiger partial charge in [0.05, 0.1) is 12.6 Å². The fourth-order valence-electron chi connectivity index (χ4n) is 2.44.